The van der Waals surface area contributed by atoms with E-state index in [0.29, 0.717) is 28.3 Å². The molecule has 1 aromatic heterocycles. The normalized spacial score (nSPS) is 10.7. The van der Waals surface area contributed by atoms with Crippen molar-refractivity contribution in [1.29, 1.82) is 0 Å². The van der Waals surface area contributed by atoms with Gasteiger partial charge in [0.15, 0.2) is 11.5 Å². The molecule has 0 saturated heterocycles. The van der Waals surface area contributed by atoms with Crippen molar-refractivity contribution in [2.24, 2.45) is 5.10 Å². The number of aromatic nitrogens is 1. The molecule has 0 saturated carbocycles. The molecule has 8 nitrogen and oxygen atoms in total. The quantitative estimate of drug-likeness (QED) is 0.441. The lowest BCUT2D eigenvalue weighted by molar-refractivity contribution is 0.0525. The average Bonchev–Trinajstić information content (AvgIpc) is 2.96. The number of amides is 1. The summed E-state index contributed by atoms with van der Waals surface area (Å²) in [6, 6.07) is 5.25. The maximum atomic E-state index is 12.4. The lowest BCUT2D eigenvalue weighted by Crippen LogP contribution is -2.19. The van der Waals surface area contributed by atoms with Gasteiger partial charge >= 0.3 is 5.97 Å². The second-order valence-corrected chi connectivity index (χ2v) is 5.66. The van der Waals surface area contributed by atoms with Crippen LogP contribution in [-0.2, 0) is 4.74 Å². The maximum Gasteiger partial charge on any atom is 0.340 e. The molecule has 1 aromatic carbocycles. The van der Waals surface area contributed by atoms with E-state index in [-0.39, 0.29) is 12.3 Å². The molecular formula is C19H23N3O5. The number of esters is 1. The van der Waals surface area contributed by atoms with Crippen molar-refractivity contribution in [3.8, 4) is 11.5 Å². The summed E-state index contributed by atoms with van der Waals surface area (Å²) in [6.07, 6.45) is 1.48. The molecular weight excluding hydrogens is 350 g/mol. The van der Waals surface area contributed by atoms with E-state index in [9.17, 15) is 9.59 Å². The van der Waals surface area contributed by atoms with E-state index >= 15 is 0 Å². The molecule has 1 amide bonds. The number of aryl methyl sites for hydroxylation is 1. The van der Waals surface area contributed by atoms with Gasteiger partial charge in [-0.05, 0) is 50.1 Å². The minimum absolute atomic E-state index is 0.264. The maximum absolute atomic E-state index is 12.4. The summed E-state index contributed by atoms with van der Waals surface area (Å²) in [5.41, 5.74) is 4.88. The first-order valence-electron chi connectivity index (χ1n) is 8.34. The Morgan fingerprint density at radius 1 is 1.19 bits per heavy atom. The third kappa shape index (κ3) is 4.46. The Morgan fingerprint density at radius 2 is 1.89 bits per heavy atom. The highest BCUT2D eigenvalue weighted by Gasteiger charge is 2.22. The van der Waals surface area contributed by atoms with Gasteiger partial charge in [-0.25, -0.2) is 10.2 Å². The third-order valence-corrected chi connectivity index (χ3v) is 3.93. The van der Waals surface area contributed by atoms with Gasteiger partial charge in [-0.2, -0.15) is 5.10 Å². The summed E-state index contributed by atoms with van der Waals surface area (Å²) in [5.74, 6) is 0.241. The van der Waals surface area contributed by atoms with Gasteiger partial charge in [-0.15, -0.1) is 0 Å². The van der Waals surface area contributed by atoms with Crippen LogP contribution in [0.15, 0.2) is 23.3 Å². The first kappa shape index (κ1) is 20.0. The van der Waals surface area contributed by atoms with Crippen LogP contribution in [0, 0.1) is 13.8 Å². The molecule has 8 heteroatoms. The highest BCUT2D eigenvalue weighted by Crippen LogP contribution is 2.26. The van der Waals surface area contributed by atoms with Crippen molar-refractivity contribution in [2.75, 3.05) is 20.8 Å². The number of ether oxygens (including phenoxy) is 3. The van der Waals surface area contributed by atoms with Gasteiger partial charge in [-0.3, -0.25) is 4.79 Å². The summed E-state index contributed by atoms with van der Waals surface area (Å²) in [6.45, 7) is 5.39. The van der Waals surface area contributed by atoms with Gasteiger partial charge in [-0.1, -0.05) is 0 Å². The summed E-state index contributed by atoms with van der Waals surface area (Å²) in [4.78, 5) is 27.3. The van der Waals surface area contributed by atoms with Crippen molar-refractivity contribution in [2.45, 2.75) is 20.8 Å². The van der Waals surface area contributed by atoms with Crippen molar-refractivity contribution in [3.05, 3.63) is 46.3 Å². The summed E-state index contributed by atoms with van der Waals surface area (Å²) < 4.78 is 15.4. The monoisotopic (exact) mass is 373 g/mol. The lowest BCUT2D eigenvalue weighted by atomic mass is 10.1. The molecule has 1 heterocycles. The Hall–Kier alpha value is -3.29. The SMILES string of the molecule is CCOC(=O)c1c(C)[nH]c(C(=O)N/N=C\c2ccc(OC)c(OC)c2)c1C. The Balaban J connectivity index is 2.13. The fourth-order valence-electron chi connectivity index (χ4n) is 2.64. The zero-order valence-electron chi connectivity index (χ0n) is 16.0. The van der Waals surface area contributed by atoms with E-state index in [1.807, 2.05) is 0 Å². The van der Waals surface area contributed by atoms with Crippen LogP contribution >= 0.6 is 0 Å². The van der Waals surface area contributed by atoms with E-state index in [1.54, 1.807) is 46.1 Å². The molecule has 2 aromatic rings. The summed E-state index contributed by atoms with van der Waals surface area (Å²) in [5, 5.41) is 3.95. The van der Waals surface area contributed by atoms with Gasteiger partial charge in [0.25, 0.3) is 5.91 Å². The van der Waals surface area contributed by atoms with Crippen LogP contribution in [-0.4, -0.2) is 43.9 Å². The predicted octanol–water partition coefficient (Wildman–Crippen LogP) is 2.59. The number of carbonyl (C=O) groups excluding carboxylic acids is 2. The number of methoxy groups -OCH3 is 2. The number of nitrogens with one attached hydrogen (secondary N) is 2. The van der Waals surface area contributed by atoms with Crippen molar-refractivity contribution < 1.29 is 23.8 Å². The zero-order chi connectivity index (χ0) is 20.0. The molecule has 0 aliphatic carbocycles. The highest BCUT2D eigenvalue weighted by molar-refractivity contribution is 6.00. The first-order chi connectivity index (χ1) is 12.9. The third-order valence-electron chi connectivity index (χ3n) is 3.93. The fraction of sp³-hybridized carbons (Fsp3) is 0.316. The van der Waals surface area contributed by atoms with E-state index in [1.165, 1.54) is 13.3 Å². The van der Waals surface area contributed by atoms with Crippen molar-refractivity contribution >= 4 is 18.1 Å². The molecule has 2 rings (SSSR count). The molecule has 0 atom stereocenters. The first-order valence-corrected chi connectivity index (χ1v) is 8.34. The average molecular weight is 373 g/mol. The van der Waals surface area contributed by atoms with Crippen LogP contribution in [0.4, 0.5) is 0 Å². The van der Waals surface area contributed by atoms with E-state index in [4.69, 9.17) is 14.2 Å². The molecule has 0 spiro atoms. The highest BCUT2D eigenvalue weighted by atomic mass is 16.5. The molecule has 0 aliphatic rings. The minimum atomic E-state index is -0.461. The van der Waals surface area contributed by atoms with E-state index < -0.39 is 11.9 Å². The van der Waals surface area contributed by atoms with Crippen molar-refractivity contribution in [1.82, 2.24) is 10.4 Å². The molecule has 0 aliphatic heterocycles. The molecule has 2 N–H and O–H groups in total. The molecule has 27 heavy (non-hydrogen) atoms. The Kier molecular flexibility index (Phi) is 6.59. The van der Waals surface area contributed by atoms with Gasteiger partial charge in [0, 0.05) is 5.69 Å². The molecule has 0 radical (unpaired) electrons. The van der Waals surface area contributed by atoms with Crippen LogP contribution in [0.3, 0.4) is 0 Å². The standard InChI is InChI=1S/C19H23N3O5/c1-6-27-19(24)16-11(2)17(21-12(16)3)18(23)22-20-10-13-7-8-14(25-4)15(9-13)26-5/h7-10,21H,6H2,1-5H3,(H,22,23)/b20-10-. The number of carbonyl (C=O) groups is 2. The van der Waals surface area contributed by atoms with Crippen LogP contribution in [0.5, 0.6) is 11.5 Å². The van der Waals surface area contributed by atoms with Gasteiger partial charge in [0.05, 0.1) is 32.6 Å². The molecule has 0 unspecified atom stereocenters. The minimum Gasteiger partial charge on any atom is -0.493 e. The van der Waals surface area contributed by atoms with Crippen LogP contribution in [0.2, 0.25) is 0 Å². The number of H-pyrrole nitrogens is 1. The largest absolute Gasteiger partial charge is 0.493 e. The predicted molar refractivity (Wildman–Crippen MR) is 101 cm³/mol. The van der Waals surface area contributed by atoms with Crippen LogP contribution in [0.1, 0.15) is 44.6 Å². The van der Waals surface area contributed by atoms with Crippen LogP contribution in [0.25, 0.3) is 0 Å². The summed E-state index contributed by atoms with van der Waals surface area (Å²) in [7, 11) is 3.09. The number of rotatable bonds is 7. The van der Waals surface area contributed by atoms with E-state index in [0.717, 1.165) is 5.56 Å². The number of hydrazone groups is 1. The summed E-state index contributed by atoms with van der Waals surface area (Å²) >= 11 is 0. The second kappa shape index (κ2) is 8.88. The molecule has 144 valence electrons. The van der Waals surface area contributed by atoms with Gasteiger partial charge in [0.2, 0.25) is 0 Å². The zero-order valence-corrected chi connectivity index (χ0v) is 16.0. The number of aromatic amines is 1. The number of benzene rings is 1. The van der Waals surface area contributed by atoms with Gasteiger partial charge < -0.3 is 19.2 Å². The molecule has 0 fully saturated rings. The molecule has 0 bridgehead atoms. The van der Waals surface area contributed by atoms with Gasteiger partial charge in [0.1, 0.15) is 5.69 Å². The van der Waals surface area contributed by atoms with Crippen LogP contribution < -0.4 is 14.9 Å². The Labute approximate surface area is 157 Å². The smallest absolute Gasteiger partial charge is 0.340 e. The Morgan fingerprint density at radius 3 is 2.52 bits per heavy atom. The Bertz CT molecular complexity index is 870. The number of nitrogens with zero attached hydrogens (tertiary/aromatic N) is 1. The lowest BCUT2D eigenvalue weighted by Gasteiger charge is -2.07. The topological polar surface area (TPSA) is 102 Å². The number of hydrogen-bond acceptors (Lipinski definition) is 6. The van der Waals surface area contributed by atoms with E-state index in [2.05, 4.69) is 15.5 Å². The number of hydrogen-bond donors (Lipinski definition) is 2. The van der Waals surface area contributed by atoms with Crippen molar-refractivity contribution in [3.63, 3.8) is 0 Å². The second-order valence-electron chi connectivity index (χ2n) is 5.66. The fourth-order valence-corrected chi connectivity index (χ4v) is 2.64.